The zero-order valence-electron chi connectivity index (χ0n) is 10.7. The molecule has 2 aromatic rings. The van der Waals surface area contributed by atoms with Crippen LogP contribution in [0.4, 0.5) is 5.69 Å². The van der Waals surface area contributed by atoms with Crippen LogP contribution in [0.25, 0.3) is 0 Å². The van der Waals surface area contributed by atoms with Crippen molar-refractivity contribution in [2.24, 2.45) is 5.73 Å². The largest absolute Gasteiger partial charge is 0.361 e. The SMILES string of the molecule is N#CCCN(c1ccccc1)C(CN)c1cccs1. The third kappa shape index (κ3) is 3.34. The molecule has 0 aliphatic heterocycles. The van der Waals surface area contributed by atoms with E-state index in [0.29, 0.717) is 19.5 Å². The van der Waals surface area contributed by atoms with Gasteiger partial charge in [0.25, 0.3) is 0 Å². The van der Waals surface area contributed by atoms with Gasteiger partial charge in [-0.3, -0.25) is 0 Å². The van der Waals surface area contributed by atoms with E-state index in [1.807, 2.05) is 24.3 Å². The van der Waals surface area contributed by atoms with Crippen LogP contribution in [0, 0.1) is 11.3 Å². The van der Waals surface area contributed by atoms with Crippen molar-refractivity contribution in [3.05, 3.63) is 52.7 Å². The summed E-state index contributed by atoms with van der Waals surface area (Å²) in [6.45, 7) is 1.24. The van der Waals surface area contributed by atoms with Crippen LogP contribution in [0.15, 0.2) is 47.8 Å². The van der Waals surface area contributed by atoms with Gasteiger partial charge in [-0.2, -0.15) is 5.26 Å². The molecule has 0 fully saturated rings. The Morgan fingerprint density at radius 2 is 2.00 bits per heavy atom. The van der Waals surface area contributed by atoms with Crippen LogP contribution in [0.2, 0.25) is 0 Å². The maximum Gasteiger partial charge on any atom is 0.0757 e. The number of benzene rings is 1. The number of hydrogen-bond donors (Lipinski definition) is 1. The second kappa shape index (κ2) is 6.93. The first-order valence-corrected chi connectivity index (χ1v) is 7.17. The molecule has 0 saturated carbocycles. The van der Waals surface area contributed by atoms with E-state index >= 15 is 0 Å². The highest BCUT2D eigenvalue weighted by atomic mass is 32.1. The number of nitriles is 1. The molecule has 1 heterocycles. The van der Waals surface area contributed by atoms with Crippen molar-refractivity contribution >= 4 is 17.0 Å². The maximum atomic E-state index is 8.84. The highest BCUT2D eigenvalue weighted by molar-refractivity contribution is 7.10. The quantitative estimate of drug-likeness (QED) is 0.878. The predicted molar refractivity (Wildman–Crippen MR) is 80.1 cm³/mol. The average molecular weight is 271 g/mol. The number of hydrogen-bond acceptors (Lipinski definition) is 4. The smallest absolute Gasteiger partial charge is 0.0757 e. The van der Waals surface area contributed by atoms with E-state index in [4.69, 9.17) is 11.0 Å². The summed E-state index contributed by atoms with van der Waals surface area (Å²) in [5, 5.41) is 10.9. The third-order valence-corrected chi connectivity index (χ3v) is 4.00. The van der Waals surface area contributed by atoms with Gasteiger partial charge < -0.3 is 10.6 Å². The van der Waals surface area contributed by atoms with Crippen LogP contribution in [-0.4, -0.2) is 13.1 Å². The molecule has 3 nitrogen and oxygen atoms in total. The zero-order valence-corrected chi connectivity index (χ0v) is 11.5. The molecule has 1 unspecified atom stereocenters. The first-order valence-electron chi connectivity index (χ1n) is 6.29. The van der Waals surface area contributed by atoms with E-state index in [1.165, 1.54) is 4.88 Å². The third-order valence-electron chi connectivity index (χ3n) is 3.02. The van der Waals surface area contributed by atoms with Gasteiger partial charge in [0, 0.05) is 23.7 Å². The monoisotopic (exact) mass is 271 g/mol. The number of thiophene rings is 1. The predicted octanol–water partition coefficient (Wildman–Crippen LogP) is 3.17. The normalized spacial score (nSPS) is 11.8. The molecule has 0 saturated heterocycles. The van der Waals surface area contributed by atoms with E-state index in [0.717, 1.165) is 5.69 Å². The summed E-state index contributed by atoms with van der Waals surface area (Å²) in [4.78, 5) is 3.46. The molecule has 1 atom stereocenters. The van der Waals surface area contributed by atoms with Gasteiger partial charge in [0.2, 0.25) is 0 Å². The average Bonchev–Trinajstić information content (AvgIpc) is 2.98. The molecule has 0 radical (unpaired) electrons. The molecule has 1 aromatic carbocycles. The lowest BCUT2D eigenvalue weighted by Crippen LogP contribution is -2.34. The molecule has 98 valence electrons. The minimum absolute atomic E-state index is 0.135. The zero-order chi connectivity index (χ0) is 13.5. The Bertz CT molecular complexity index is 516. The molecule has 0 spiro atoms. The molecule has 0 aliphatic rings. The van der Waals surface area contributed by atoms with Crippen LogP contribution in [-0.2, 0) is 0 Å². The molecule has 0 aliphatic carbocycles. The highest BCUT2D eigenvalue weighted by Gasteiger charge is 2.19. The van der Waals surface area contributed by atoms with E-state index in [-0.39, 0.29) is 6.04 Å². The van der Waals surface area contributed by atoms with Gasteiger partial charge in [-0.15, -0.1) is 11.3 Å². The molecule has 1 aromatic heterocycles. The summed E-state index contributed by atoms with van der Waals surface area (Å²) in [6, 6.07) is 16.6. The Kier molecular flexibility index (Phi) is 4.96. The number of nitrogens with zero attached hydrogens (tertiary/aromatic N) is 2. The van der Waals surface area contributed by atoms with Crippen molar-refractivity contribution in [2.75, 3.05) is 18.0 Å². The van der Waals surface area contributed by atoms with Crippen molar-refractivity contribution in [3.63, 3.8) is 0 Å². The highest BCUT2D eigenvalue weighted by Crippen LogP contribution is 2.29. The number of nitrogens with two attached hydrogens (primary N) is 1. The van der Waals surface area contributed by atoms with E-state index in [1.54, 1.807) is 11.3 Å². The first kappa shape index (κ1) is 13.6. The maximum absolute atomic E-state index is 8.84. The van der Waals surface area contributed by atoms with Crippen molar-refractivity contribution in [1.82, 2.24) is 0 Å². The van der Waals surface area contributed by atoms with Gasteiger partial charge in [-0.1, -0.05) is 24.3 Å². The number of para-hydroxylation sites is 1. The minimum atomic E-state index is 0.135. The number of rotatable bonds is 6. The van der Waals surface area contributed by atoms with Crippen LogP contribution in [0.3, 0.4) is 0 Å². The summed E-state index contributed by atoms with van der Waals surface area (Å²) in [6.07, 6.45) is 0.497. The van der Waals surface area contributed by atoms with Crippen molar-refractivity contribution < 1.29 is 0 Å². The molecule has 0 amide bonds. The Hall–Kier alpha value is -1.83. The van der Waals surface area contributed by atoms with Gasteiger partial charge >= 0.3 is 0 Å². The molecule has 4 heteroatoms. The Labute approximate surface area is 117 Å². The fraction of sp³-hybridized carbons (Fsp3) is 0.267. The molecule has 19 heavy (non-hydrogen) atoms. The molecular weight excluding hydrogens is 254 g/mol. The molecular formula is C15H17N3S. The minimum Gasteiger partial charge on any atom is -0.361 e. The topological polar surface area (TPSA) is 53.0 Å². The second-order valence-corrected chi connectivity index (χ2v) is 5.18. The van der Waals surface area contributed by atoms with Gasteiger partial charge in [-0.05, 0) is 23.6 Å². The summed E-state index contributed by atoms with van der Waals surface area (Å²) in [5.74, 6) is 0. The van der Waals surface area contributed by atoms with Crippen LogP contribution in [0.5, 0.6) is 0 Å². The second-order valence-electron chi connectivity index (χ2n) is 4.20. The molecule has 2 rings (SSSR count). The summed E-state index contributed by atoms with van der Waals surface area (Å²) in [5.41, 5.74) is 7.07. The lowest BCUT2D eigenvalue weighted by Gasteiger charge is -2.32. The lowest BCUT2D eigenvalue weighted by atomic mass is 10.1. The van der Waals surface area contributed by atoms with Gasteiger partial charge in [0.1, 0.15) is 0 Å². The Balaban J connectivity index is 2.29. The van der Waals surface area contributed by atoms with Crippen LogP contribution in [0.1, 0.15) is 17.3 Å². The Morgan fingerprint density at radius 3 is 2.58 bits per heavy atom. The van der Waals surface area contributed by atoms with E-state index in [2.05, 4.69) is 34.5 Å². The van der Waals surface area contributed by atoms with Gasteiger partial charge in [-0.25, -0.2) is 0 Å². The first-order chi connectivity index (χ1) is 9.36. The standard InChI is InChI=1S/C15H17N3S/c16-9-5-10-18(13-6-2-1-3-7-13)14(12-17)15-8-4-11-19-15/h1-4,6-8,11,14H,5,10,12,17H2. The fourth-order valence-electron chi connectivity index (χ4n) is 2.13. The molecule has 0 bridgehead atoms. The van der Waals surface area contributed by atoms with Crippen LogP contribution >= 0.6 is 11.3 Å². The van der Waals surface area contributed by atoms with Gasteiger partial charge in [0.15, 0.2) is 0 Å². The van der Waals surface area contributed by atoms with Crippen molar-refractivity contribution in [1.29, 1.82) is 5.26 Å². The Morgan fingerprint density at radius 1 is 1.21 bits per heavy atom. The van der Waals surface area contributed by atoms with Crippen molar-refractivity contribution in [3.8, 4) is 6.07 Å². The van der Waals surface area contributed by atoms with E-state index < -0.39 is 0 Å². The van der Waals surface area contributed by atoms with Crippen molar-refractivity contribution in [2.45, 2.75) is 12.5 Å². The summed E-state index contributed by atoms with van der Waals surface area (Å²) >= 11 is 1.71. The summed E-state index contributed by atoms with van der Waals surface area (Å²) in [7, 11) is 0. The van der Waals surface area contributed by atoms with Crippen LogP contribution < -0.4 is 10.6 Å². The summed E-state index contributed by atoms with van der Waals surface area (Å²) < 4.78 is 0. The van der Waals surface area contributed by atoms with E-state index in [9.17, 15) is 0 Å². The molecule has 2 N–H and O–H groups in total. The fourth-order valence-corrected chi connectivity index (χ4v) is 2.98. The lowest BCUT2D eigenvalue weighted by molar-refractivity contribution is 0.641. The van der Waals surface area contributed by atoms with Gasteiger partial charge in [0.05, 0.1) is 18.5 Å². The number of anilines is 1.